The van der Waals surface area contributed by atoms with Crippen LogP contribution in [-0.4, -0.2) is 34.0 Å². The highest BCUT2D eigenvalue weighted by molar-refractivity contribution is 5.90. The number of aromatic nitrogens is 1. The van der Waals surface area contributed by atoms with E-state index in [2.05, 4.69) is 4.98 Å². The molecule has 5 nitrogen and oxygen atoms in total. The Morgan fingerprint density at radius 1 is 1.15 bits per heavy atom. The molecule has 26 heavy (non-hydrogen) atoms. The fourth-order valence-electron chi connectivity index (χ4n) is 3.66. The number of fused-ring (bicyclic) bond motifs is 1. The van der Waals surface area contributed by atoms with Gasteiger partial charge in [0.05, 0.1) is 0 Å². The van der Waals surface area contributed by atoms with Crippen LogP contribution in [-0.2, 0) is 11.4 Å². The lowest BCUT2D eigenvalue weighted by atomic mass is 10.0. The lowest BCUT2D eigenvalue weighted by molar-refractivity contribution is -0.143. The van der Waals surface area contributed by atoms with E-state index in [0.717, 1.165) is 53.7 Å². The minimum Gasteiger partial charge on any atom is -0.489 e. The summed E-state index contributed by atoms with van der Waals surface area (Å²) >= 11 is 0. The number of H-pyrrole nitrogens is 1. The molecule has 4 rings (SSSR count). The van der Waals surface area contributed by atoms with Crippen LogP contribution in [0.15, 0.2) is 54.7 Å². The van der Waals surface area contributed by atoms with Crippen LogP contribution in [0.3, 0.4) is 0 Å². The molecule has 0 aliphatic carbocycles. The van der Waals surface area contributed by atoms with Crippen molar-refractivity contribution < 1.29 is 14.6 Å². The number of likely N-dealkylation sites (tertiary alicyclic amines) is 1. The van der Waals surface area contributed by atoms with Gasteiger partial charge in [0.2, 0.25) is 0 Å². The van der Waals surface area contributed by atoms with Gasteiger partial charge in [0.25, 0.3) is 0 Å². The molecule has 0 bridgehead atoms. The van der Waals surface area contributed by atoms with Gasteiger partial charge in [0.1, 0.15) is 18.4 Å². The highest BCUT2D eigenvalue weighted by atomic mass is 16.5. The zero-order valence-corrected chi connectivity index (χ0v) is 14.5. The number of rotatable bonds is 6. The fraction of sp³-hybridized carbons (Fsp3) is 0.286. The quantitative estimate of drug-likeness (QED) is 0.706. The maximum atomic E-state index is 11.9. The van der Waals surface area contributed by atoms with E-state index >= 15 is 0 Å². The zero-order chi connectivity index (χ0) is 17.9. The predicted molar refractivity (Wildman–Crippen MR) is 100 cm³/mol. The summed E-state index contributed by atoms with van der Waals surface area (Å²) in [5.74, 6) is -0.0591. The number of nitrogens with zero attached hydrogens (tertiary/aromatic N) is 1. The summed E-state index contributed by atoms with van der Waals surface area (Å²) in [4.78, 5) is 17.2. The van der Waals surface area contributed by atoms with Crippen LogP contribution in [0.4, 0.5) is 0 Å². The molecule has 2 heterocycles. The molecule has 0 radical (unpaired) electrons. The molecule has 0 saturated carbocycles. The Kier molecular flexibility index (Phi) is 4.63. The van der Waals surface area contributed by atoms with E-state index in [0.29, 0.717) is 6.61 Å². The predicted octanol–water partition coefficient (Wildman–Crippen LogP) is 3.97. The number of aliphatic carboxylic acids is 1. The Morgan fingerprint density at radius 2 is 1.92 bits per heavy atom. The molecule has 134 valence electrons. The first kappa shape index (κ1) is 16.7. The van der Waals surface area contributed by atoms with Crippen LogP contribution < -0.4 is 4.74 Å². The molecule has 3 aromatic rings. The molecular weight excluding hydrogens is 328 g/mol. The number of nitrogens with one attached hydrogen (secondary N) is 1. The average molecular weight is 350 g/mol. The number of carboxylic acid groups (broad SMARTS) is 1. The van der Waals surface area contributed by atoms with E-state index in [-0.39, 0.29) is 0 Å². The van der Waals surface area contributed by atoms with E-state index in [1.807, 2.05) is 59.6 Å². The summed E-state index contributed by atoms with van der Waals surface area (Å²) in [6.07, 6.45) is 3.93. The van der Waals surface area contributed by atoms with Crippen molar-refractivity contribution in [3.63, 3.8) is 0 Å². The van der Waals surface area contributed by atoms with E-state index in [1.165, 1.54) is 0 Å². The molecular formula is C21H22N2O3. The number of aromatic amines is 1. The number of carbonyl (C=O) groups is 1. The van der Waals surface area contributed by atoms with E-state index in [4.69, 9.17) is 4.74 Å². The van der Waals surface area contributed by atoms with Gasteiger partial charge in [-0.3, -0.25) is 9.69 Å². The lowest BCUT2D eigenvalue weighted by Gasteiger charge is -2.23. The molecule has 2 N–H and O–H groups in total. The first-order valence-electron chi connectivity index (χ1n) is 8.97. The third-order valence-corrected chi connectivity index (χ3v) is 4.97. The maximum Gasteiger partial charge on any atom is 0.325 e. The molecule has 0 amide bonds. The van der Waals surface area contributed by atoms with Crippen LogP contribution in [0, 0.1) is 0 Å². The molecule has 1 fully saturated rings. The minimum absolute atomic E-state index is 0.487. The van der Waals surface area contributed by atoms with E-state index < -0.39 is 12.0 Å². The van der Waals surface area contributed by atoms with Gasteiger partial charge in [-0.25, -0.2) is 0 Å². The SMILES string of the molecule is O=C(O)[C@H](c1c[nH]c2ccc(OCc3ccccc3)cc12)N1CCCC1. The second kappa shape index (κ2) is 7.22. The van der Waals surface area contributed by atoms with E-state index in [9.17, 15) is 9.90 Å². The molecule has 0 unspecified atom stereocenters. The molecule has 5 heteroatoms. The van der Waals surface area contributed by atoms with Gasteiger partial charge in [-0.1, -0.05) is 30.3 Å². The Bertz CT molecular complexity index is 898. The van der Waals surface area contributed by atoms with Gasteiger partial charge >= 0.3 is 5.97 Å². The Labute approximate surface area is 152 Å². The summed E-state index contributed by atoms with van der Waals surface area (Å²) in [6, 6.07) is 15.2. The zero-order valence-electron chi connectivity index (χ0n) is 14.5. The van der Waals surface area contributed by atoms with Crippen LogP contribution in [0.1, 0.15) is 30.0 Å². The molecule has 1 atom stereocenters. The van der Waals surface area contributed by atoms with Crippen molar-refractivity contribution in [3.05, 3.63) is 65.9 Å². The van der Waals surface area contributed by atoms with Gasteiger partial charge in [-0.15, -0.1) is 0 Å². The second-order valence-corrected chi connectivity index (χ2v) is 6.71. The largest absolute Gasteiger partial charge is 0.489 e. The van der Waals surface area contributed by atoms with Gasteiger partial charge in [0.15, 0.2) is 0 Å². The van der Waals surface area contributed by atoms with Crippen molar-refractivity contribution in [2.24, 2.45) is 0 Å². The molecule has 1 saturated heterocycles. The van der Waals surface area contributed by atoms with Gasteiger partial charge in [-0.05, 0) is 49.7 Å². The van der Waals surface area contributed by atoms with Crippen LogP contribution in [0.25, 0.3) is 10.9 Å². The summed E-state index contributed by atoms with van der Waals surface area (Å²) in [5, 5.41) is 10.7. The van der Waals surface area contributed by atoms with Gasteiger partial charge in [0, 0.05) is 22.7 Å². The number of hydrogen-bond donors (Lipinski definition) is 2. The van der Waals surface area contributed by atoms with Crippen LogP contribution in [0.2, 0.25) is 0 Å². The standard InChI is InChI=1S/C21H22N2O3/c24-21(25)20(23-10-4-5-11-23)18-13-22-19-9-8-16(12-17(18)19)26-14-15-6-2-1-3-7-15/h1-3,6-9,12-13,20,22H,4-5,10-11,14H2,(H,24,25)/t20-/m0/s1. The minimum atomic E-state index is -0.802. The monoisotopic (exact) mass is 350 g/mol. The fourth-order valence-corrected chi connectivity index (χ4v) is 3.66. The molecule has 1 aliphatic heterocycles. The number of carboxylic acids is 1. The molecule has 1 aliphatic rings. The maximum absolute atomic E-state index is 11.9. The third kappa shape index (κ3) is 3.30. The van der Waals surface area contributed by atoms with Gasteiger partial charge < -0.3 is 14.8 Å². The van der Waals surface area contributed by atoms with Crippen molar-refractivity contribution >= 4 is 16.9 Å². The van der Waals surface area contributed by atoms with Crippen LogP contribution >= 0.6 is 0 Å². The lowest BCUT2D eigenvalue weighted by Crippen LogP contribution is -2.31. The number of benzene rings is 2. The summed E-state index contributed by atoms with van der Waals surface area (Å²) < 4.78 is 5.92. The highest BCUT2D eigenvalue weighted by Crippen LogP contribution is 2.33. The first-order chi connectivity index (χ1) is 12.7. The first-order valence-corrected chi connectivity index (χ1v) is 8.97. The average Bonchev–Trinajstić information content (AvgIpc) is 3.32. The van der Waals surface area contributed by atoms with Crippen molar-refractivity contribution in [2.45, 2.75) is 25.5 Å². The Hall–Kier alpha value is -2.79. The number of ether oxygens (including phenoxy) is 1. The van der Waals surface area contributed by atoms with Gasteiger partial charge in [-0.2, -0.15) is 0 Å². The number of hydrogen-bond acceptors (Lipinski definition) is 3. The molecule has 1 aromatic heterocycles. The second-order valence-electron chi connectivity index (χ2n) is 6.71. The van der Waals surface area contributed by atoms with Crippen molar-refractivity contribution in [1.82, 2.24) is 9.88 Å². The Balaban J connectivity index is 1.62. The van der Waals surface area contributed by atoms with E-state index in [1.54, 1.807) is 0 Å². The third-order valence-electron chi connectivity index (χ3n) is 4.97. The van der Waals surface area contributed by atoms with Crippen molar-refractivity contribution in [3.8, 4) is 5.75 Å². The summed E-state index contributed by atoms with van der Waals surface area (Å²) in [6.45, 7) is 2.14. The van der Waals surface area contributed by atoms with Crippen molar-refractivity contribution in [1.29, 1.82) is 0 Å². The molecule has 0 spiro atoms. The topological polar surface area (TPSA) is 65.6 Å². The summed E-state index contributed by atoms with van der Waals surface area (Å²) in [5.41, 5.74) is 2.83. The van der Waals surface area contributed by atoms with Crippen LogP contribution in [0.5, 0.6) is 5.75 Å². The highest BCUT2D eigenvalue weighted by Gasteiger charge is 2.31. The summed E-state index contributed by atoms with van der Waals surface area (Å²) in [7, 11) is 0. The van der Waals surface area contributed by atoms with Crippen molar-refractivity contribution in [2.75, 3.05) is 13.1 Å². The smallest absolute Gasteiger partial charge is 0.325 e. The normalized spacial score (nSPS) is 16.0. The molecule has 2 aromatic carbocycles. The Morgan fingerprint density at radius 3 is 2.65 bits per heavy atom.